The van der Waals surface area contributed by atoms with Gasteiger partial charge in [-0.05, 0) is 75.6 Å². The van der Waals surface area contributed by atoms with Crippen LogP contribution in [-0.4, -0.2) is 52.5 Å². The number of anilines is 2. The van der Waals surface area contributed by atoms with Gasteiger partial charge in [0.2, 0.25) is 5.91 Å². The normalized spacial score (nSPS) is 15.6. The molecule has 1 heterocycles. The fourth-order valence-corrected chi connectivity index (χ4v) is 5.03. The molecule has 3 unspecified atom stereocenters. The van der Waals surface area contributed by atoms with Crippen molar-refractivity contribution in [2.24, 2.45) is 5.92 Å². The first-order valence-electron chi connectivity index (χ1n) is 16.0. The van der Waals surface area contributed by atoms with E-state index in [0.717, 1.165) is 6.07 Å². The fraction of sp³-hybridized carbons (Fsp3) is 0.361. The number of hydrogen-bond donors (Lipinski definition) is 4. The molecule has 0 radical (unpaired) electrons. The average Bonchev–Trinajstić information content (AvgIpc) is 3.80. The van der Waals surface area contributed by atoms with E-state index in [-0.39, 0.29) is 52.1 Å². The minimum Gasteiger partial charge on any atom is -0.444 e. The van der Waals surface area contributed by atoms with Crippen LogP contribution < -0.4 is 26.0 Å². The monoisotopic (exact) mass is 686 g/mol. The Hall–Kier alpha value is -5.84. The molecule has 1 aliphatic carbocycles. The highest BCUT2D eigenvalue weighted by molar-refractivity contribution is 6.02. The van der Waals surface area contributed by atoms with Gasteiger partial charge in [0.05, 0.1) is 16.7 Å². The molecule has 13 nitrogen and oxygen atoms in total. The first-order valence-corrected chi connectivity index (χ1v) is 16.0. The van der Waals surface area contributed by atoms with E-state index in [9.17, 15) is 24.0 Å². The number of ketones is 1. The number of halogens is 1. The molecule has 1 fully saturated rings. The lowest BCUT2D eigenvalue weighted by Crippen LogP contribution is -2.48. The molecule has 4 rings (SSSR count). The van der Waals surface area contributed by atoms with Gasteiger partial charge in [0.1, 0.15) is 35.1 Å². The maximum Gasteiger partial charge on any atom is 0.408 e. The molecule has 1 saturated carbocycles. The predicted octanol–water partition coefficient (Wildman–Crippen LogP) is 6.07. The van der Waals surface area contributed by atoms with Crippen molar-refractivity contribution < 1.29 is 37.8 Å². The topological polar surface area (TPSA) is 189 Å². The summed E-state index contributed by atoms with van der Waals surface area (Å²) in [7, 11) is 0. The second-order valence-corrected chi connectivity index (χ2v) is 13.0. The van der Waals surface area contributed by atoms with Crippen LogP contribution in [0.2, 0.25) is 0 Å². The molecule has 3 aromatic rings. The number of carbonyl (C=O) groups is 5. The van der Waals surface area contributed by atoms with Crippen LogP contribution in [0.25, 0.3) is 0 Å². The number of amides is 4. The van der Waals surface area contributed by atoms with Gasteiger partial charge in [0.25, 0.3) is 0 Å². The Morgan fingerprint density at radius 1 is 1.06 bits per heavy atom. The lowest BCUT2D eigenvalue weighted by Gasteiger charge is -2.25. The van der Waals surface area contributed by atoms with Gasteiger partial charge in [0.15, 0.2) is 5.78 Å². The predicted molar refractivity (Wildman–Crippen MR) is 181 cm³/mol. The summed E-state index contributed by atoms with van der Waals surface area (Å²) in [6.07, 6.45) is 0.897. The summed E-state index contributed by atoms with van der Waals surface area (Å²) < 4.78 is 26.5. The number of urea groups is 1. The molecular formula is C36H39FN6O7. The van der Waals surface area contributed by atoms with Gasteiger partial charge in [-0.15, -0.1) is 0 Å². The average molecular weight is 687 g/mol. The van der Waals surface area contributed by atoms with E-state index in [1.165, 1.54) is 48.7 Å². The Labute approximate surface area is 288 Å². The number of benzene rings is 2. The third-order valence-corrected chi connectivity index (χ3v) is 7.56. The zero-order valence-electron chi connectivity index (χ0n) is 28.5. The van der Waals surface area contributed by atoms with E-state index in [1.54, 1.807) is 41.5 Å². The Bertz CT molecular complexity index is 1830. The van der Waals surface area contributed by atoms with Crippen LogP contribution in [0.1, 0.15) is 92.1 Å². The van der Waals surface area contributed by atoms with E-state index in [1.807, 2.05) is 6.07 Å². The molecule has 50 heavy (non-hydrogen) atoms. The first kappa shape index (κ1) is 37.0. The first-order chi connectivity index (χ1) is 23.6. The third-order valence-electron chi connectivity index (χ3n) is 7.56. The molecule has 3 atom stereocenters. The SMILES string of the molecule is CCC(=O)c1ccc(F)c(C2CC2NC(=O)Nc2ccc(C#N)cn2)c1OC(=O)c1cccc(NC(=O)C(NC(=O)OC(C)(C)C)C(C)C)c1. The summed E-state index contributed by atoms with van der Waals surface area (Å²) >= 11 is 0. The van der Waals surface area contributed by atoms with Gasteiger partial charge in [-0.1, -0.05) is 26.8 Å². The van der Waals surface area contributed by atoms with E-state index in [2.05, 4.69) is 26.3 Å². The molecule has 1 aliphatic rings. The quantitative estimate of drug-likeness (QED) is 0.105. The number of hydrogen-bond acceptors (Lipinski definition) is 9. The Kier molecular flexibility index (Phi) is 11.5. The van der Waals surface area contributed by atoms with Crippen molar-refractivity contribution in [1.82, 2.24) is 15.6 Å². The highest BCUT2D eigenvalue weighted by Gasteiger charge is 2.44. The number of nitrogens with zero attached hydrogens (tertiary/aromatic N) is 2. The second-order valence-electron chi connectivity index (χ2n) is 13.0. The van der Waals surface area contributed by atoms with Crippen molar-refractivity contribution >= 4 is 41.3 Å². The van der Waals surface area contributed by atoms with E-state index < -0.39 is 53.4 Å². The van der Waals surface area contributed by atoms with Crippen LogP contribution in [0.5, 0.6) is 5.75 Å². The summed E-state index contributed by atoms with van der Waals surface area (Å²) in [4.78, 5) is 68.5. The minimum absolute atomic E-state index is 0.00567. The molecule has 1 aromatic heterocycles. The van der Waals surface area contributed by atoms with Crippen molar-refractivity contribution in [2.75, 3.05) is 10.6 Å². The van der Waals surface area contributed by atoms with Gasteiger partial charge in [0, 0.05) is 35.8 Å². The molecule has 4 N–H and O–H groups in total. The number of carbonyl (C=O) groups excluding carboxylic acids is 5. The molecule has 0 saturated heterocycles. The van der Waals surface area contributed by atoms with Crippen LogP contribution in [0.4, 0.5) is 25.5 Å². The Morgan fingerprint density at radius 2 is 1.80 bits per heavy atom. The number of esters is 1. The fourth-order valence-electron chi connectivity index (χ4n) is 5.03. The van der Waals surface area contributed by atoms with Crippen LogP contribution in [0.3, 0.4) is 0 Å². The van der Waals surface area contributed by atoms with Gasteiger partial charge in [-0.2, -0.15) is 5.26 Å². The number of alkyl carbamates (subject to hydrolysis) is 1. The molecular weight excluding hydrogens is 647 g/mol. The summed E-state index contributed by atoms with van der Waals surface area (Å²) in [5.41, 5.74) is -0.255. The smallest absolute Gasteiger partial charge is 0.408 e. The van der Waals surface area contributed by atoms with Crippen molar-refractivity contribution in [1.29, 1.82) is 5.26 Å². The number of nitrogens with one attached hydrogen (secondary N) is 4. The van der Waals surface area contributed by atoms with Gasteiger partial charge >= 0.3 is 18.1 Å². The molecule has 0 spiro atoms. The Morgan fingerprint density at radius 3 is 2.42 bits per heavy atom. The van der Waals surface area contributed by atoms with Crippen LogP contribution >= 0.6 is 0 Å². The summed E-state index contributed by atoms with van der Waals surface area (Å²) in [6.45, 7) is 10.2. The Balaban J connectivity index is 1.51. The maximum absolute atomic E-state index is 15.4. The van der Waals surface area contributed by atoms with Gasteiger partial charge in [-0.25, -0.2) is 23.8 Å². The van der Waals surface area contributed by atoms with Crippen molar-refractivity contribution in [3.63, 3.8) is 0 Å². The number of aromatic nitrogens is 1. The number of nitriles is 1. The molecule has 0 aliphatic heterocycles. The van der Waals surface area contributed by atoms with Crippen LogP contribution in [0.15, 0.2) is 54.7 Å². The third kappa shape index (κ3) is 9.62. The van der Waals surface area contributed by atoms with Crippen molar-refractivity contribution in [3.05, 3.63) is 82.8 Å². The number of ether oxygens (including phenoxy) is 2. The van der Waals surface area contributed by atoms with Crippen molar-refractivity contribution in [2.45, 2.75) is 78.0 Å². The number of Topliss-reactive ketones (excluding diaryl/α,β-unsaturated/α-hetero) is 1. The highest BCUT2D eigenvalue weighted by Crippen LogP contribution is 2.47. The van der Waals surface area contributed by atoms with Crippen LogP contribution in [0, 0.1) is 23.1 Å². The zero-order valence-corrected chi connectivity index (χ0v) is 28.5. The molecule has 262 valence electrons. The van der Waals surface area contributed by atoms with Gasteiger partial charge < -0.3 is 25.4 Å². The summed E-state index contributed by atoms with van der Waals surface area (Å²) in [5, 5.41) is 19.5. The number of rotatable bonds is 11. The maximum atomic E-state index is 15.4. The lowest BCUT2D eigenvalue weighted by atomic mass is 9.99. The largest absolute Gasteiger partial charge is 0.444 e. The molecule has 0 bridgehead atoms. The van der Waals surface area contributed by atoms with Gasteiger partial charge in [-0.3, -0.25) is 14.9 Å². The minimum atomic E-state index is -0.958. The zero-order chi connectivity index (χ0) is 36.7. The molecule has 4 amide bonds. The molecule has 14 heteroatoms. The molecule has 2 aromatic carbocycles. The highest BCUT2D eigenvalue weighted by atomic mass is 19.1. The standard InChI is InChI=1S/C36H39FN6O7/c1-7-27(44)23-12-13-25(37)29(24-16-26(24)41-34(47)42-28-14-11-20(17-38)18-39-28)31(23)49-33(46)21-9-8-10-22(15-21)40-32(45)30(19(2)3)43-35(48)50-36(4,5)6/h8-15,18-19,24,26,30H,7,16H2,1-6H3,(H,40,45)(H,43,48)(H2,39,41,42,47). The lowest BCUT2D eigenvalue weighted by molar-refractivity contribution is -0.119. The van der Waals surface area contributed by atoms with E-state index in [0.29, 0.717) is 12.0 Å². The second kappa shape index (κ2) is 15.6. The van der Waals surface area contributed by atoms with Crippen molar-refractivity contribution in [3.8, 4) is 11.8 Å². The van der Waals surface area contributed by atoms with E-state index >= 15 is 4.39 Å². The number of pyridine rings is 1. The summed E-state index contributed by atoms with van der Waals surface area (Å²) in [6, 6.07) is 11.0. The van der Waals surface area contributed by atoms with E-state index in [4.69, 9.17) is 14.7 Å². The summed E-state index contributed by atoms with van der Waals surface area (Å²) in [5.74, 6) is -3.54. The van der Waals surface area contributed by atoms with Crippen LogP contribution in [-0.2, 0) is 9.53 Å².